The van der Waals surface area contributed by atoms with Gasteiger partial charge in [-0.1, -0.05) is 106 Å². The van der Waals surface area contributed by atoms with Crippen LogP contribution in [0.3, 0.4) is 0 Å². The molecule has 2 aromatic rings. The zero-order valence-electron chi connectivity index (χ0n) is 20.8. The van der Waals surface area contributed by atoms with Gasteiger partial charge in [0.1, 0.15) is 0 Å². The number of hydrogen-bond acceptors (Lipinski definition) is 2. The van der Waals surface area contributed by atoms with Gasteiger partial charge in [-0.15, -0.1) is 0 Å². The number of para-hydroxylation sites is 2. The summed E-state index contributed by atoms with van der Waals surface area (Å²) < 4.78 is 0. The summed E-state index contributed by atoms with van der Waals surface area (Å²) >= 11 is 0. The van der Waals surface area contributed by atoms with Crippen LogP contribution in [0.15, 0.2) is 46.4 Å². The molecule has 0 saturated heterocycles. The number of benzene rings is 2. The third-order valence-corrected chi connectivity index (χ3v) is 5.16. The molecule has 0 heterocycles. The van der Waals surface area contributed by atoms with Crippen molar-refractivity contribution >= 4 is 23.8 Å². The lowest BCUT2D eigenvalue weighted by atomic mass is 9.93. The molecule has 0 aliphatic rings. The fraction of sp³-hybridized carbons (Fsp3) is 0.500. The van der Waals surface area contributed by atoms with Crippen molar-refractivity contribution in [3.63, 3.8) is 0 Å². The van der Waals surface area contributed by atoms with E-state index in [0.29, 0.717) is 23.7 Å². The topological polar surface area (TPSA) is 24.7 Å². The van der Waals surface area contributed by atoms with Gasteiger partial charge in [0.25, 0.3) is 0 Å². The summed E-state index contributed by atoms with van der Waals surface area (Å²) in [6, 6.07) is 13.0. The summed E-state index contributed by atoms with van der Waals surface area (Å²) in [5.41, 5.74) is 7.37. The molecule has 0 saturated carbocycles. The van der Waals surface area contributed by atoms with Crippen molar-refractivity contribution in [3.8, 4) is 0 Å². The molecule has 0 unspecified atom stereocenters. The van der Waals surface area contributed by atoms with Crippen LogP contribution in [0, 0.1) is 0 Å². The third-order valence-electron chi connectivity index (χ3n) is 5.16. The molecule has 0 bridgehead atoms. The molecule has 0 radical (unpaired) electrons. The highest BCUT2D eigenvalue weighted by Gasteiger charge is 2.13. The van der Waals surface area contributed by atoms with E-state index in [1.807, 2.05) is 26.3 Å². The first-order valence-electron chi connectivity index (χ1n) is 11.6. The molecule has 0 aliphatic carbocycles. The Bertz CT molecular complexity index is 716. The van der Waals surface area contributed by atoms with Crippen LogP contribution >= 0.6 is 0 Å². The van der Waals surface area contributed by atoms with Crippen LogP contribution in [-0.4, -0.2) is 12.4 Å². The van der Waals surface area contributed by atoms with Crippen molar-refractivity contribution in [2.75, 3.05) is 0 Å². The zero-order chi connectivity index (χ0) is 22.8. The molecule has 0 N–H and O–H groups in total. The van der Waals surface area contributed by atoms with E-state index in [4.69, 9.17) is 9.98 Å². The Morgan fingerprint density at radius 1 is 0.500 bits per heavy atom. The Labute approximate surface area is 185 Å². The van der Waals surface area contributed by atoms with Crippen molar-refractivity contribution in [1.29, 1.82) is 0 Å². The van der Waals surface area contributed by atoms with Crippen LogP contribution in [0.25, 0.3) is 0 Å². The minimum Gasteiger partial charge on any atom is -0.255 e. The second kappa shape index (κ2) is 12.5. The first-order valence-corrected chi connectivity index (χ1v) is 11.6. The molecule has 0 aliphatic heterocycles. The van der Waals surface area contributed by atoms with Gasteiger partial charge in [0.15, 0.2) is 0 Å². The SMILES string of the molecule is CC.CC(C)c1cccc(C(C)C)c1N=CC=Nc1c(C(C)C)cccc1C(C)C. The molecule has 0 fully saturated rings. The lowest BCUT2D eigenvalue weighted by Crippen LogP contribution is -1.96. The number of nitrogens with zero attached hydrogens (tertiary/aromatic N) is 2. The lowest BCUT2D eigenvalue weighted by Gasteiger charge is -2.16. The number of hydrogen-bond donors (Lipinski definition) is 0. The molecule has 0 amide bonds. The molecule has 0 atom stereocenters. The van der Waals surface area contributed by atoms with Crippen LogP contribution in [0.2, 0.25) is 0 Å². The van der Waals surface area contributed by atoms with E-state index in [0.717, 1.165) is 11.4 Å². The summed E-state index contributed by atoms with van der Waals surface area (Å²) in [7, 11) is 0. The van der Waals surface area contributed by atoms with Gasteiger partial charge in [0.2, 0.25) is 0 Å². The fourth-order valence-electron chi connectivity index (χ4n) is 3.54. The van der Waals surface area contributed by atoms with Crippen molar-refractivity contribution < 1.29 is 0 Å². The largest absolute Gasteiger partial charge is 0.255 e. The van der Waals surface area contributed by atoms with Crippen molar-refractivity contribution in [1.82, 2.24) is 0 Å². The van der Waals surface area contributed by atoms with Gasteiger partial charge in [0.05, 0.1) is 11.4 Å². The van der Waals surface area contributed by atoms with Crippen LogP contribution in [0.1, 0.15) is 115 Å². The molecular formula is C28H42N2. The van der Waals surface area contributed by atoms with Gasteiger partial charge in [-0.3, -0.25) is 9.98 Å². The van der Waals surface area contributed by atoms with Gasteiger partial charge in [-0.05, 0) is 45.9 Å². The lowest BCUT2D eigenvalue weighted by molar-refractivity contribution is 0.834. The molecule has 0 spiro atoms. The maximum absolute atomic E-state index is 4.84. The zero-order valence-corrected chi connectivity index (χ0v) is 20.8. The normalized spacial score (nSPS) is 11.9. The molecule has 2 heteroatoms. The maximum atomic E-state index is 4.84. The Kier molecular flexibility index (Phi) is 10.7. The van der Waals surface area contributed by atoms with Gasteiger partial charge in [-0.25, -0.2) is 0 Å². The monoisotopic (exact) mass is 406 g/mol. The van der Waals surface area contributed by atoms with E-state index in [1.165, 1.54) is 22.3 Å². The smallest absolute Gasteiger partial charge is 0.0699 e. The Morgan fingerprint density at radius 2 is 0.733 bits per heavy atom. The van der Waals surface area contributed by atoms with Crippen molar-refractivity contribution in [2.24, 2.45) is 9.98 Å². The van der Waals surface area contributed by atoms with Crippen LogP contribution in [0.4, 0.5) is 11.4 Å². The predicted octanol–water partition coefficient (Wildman–Crippen LogP) is 9.31. The van der Waals surface area contributed by atoms with Gasteiger partial charge in [0, 0.05) is 12.4 Å². The number of rotatable bonds is 7. The molecule has 30 heavy (non-hydrogen) atoms. The second-order valence-electron chi connectivity index (χ2n) is 8.75. The predicted molar refractivity (Wildman–Crippen MR) is 137 cm³/mol. The maximum Gasteiger partial charge on any atom is 0.0699 e. The highest BCUT2D eigenvalue weighted by atomic mass is 14.8. The standard InChI is InChI=1S/C26H36N2.C2H6/c1-17(2)21-11-9-12-22(18(3)4)25(21)27-15-16-28-26-23(19(5)6)13-10-14-24(26)20(7)8;1-2/h9-20H,1-8H3;1-2H3. The minimum atomic E-state index is 0.442. The second-order valence-corrected chi connectivity index (χ2v) is 8.75. The Balaban J connectivity index is 0.00000218. The van der Waals surface area contributed by atoms with Crippen LogP contribution < -0.4 is 0 Å². The quantitative estimate of drug-likeness (QED) is 0.409. The van der Waals surface area contributed by atoms with E-state index in [9.17, 15) is 0 Å². The minimum absolute atomic E-state index is 0.442. The third kappa shape index (κ3) is 6.65. The summed E-state index contributed by atoms with van der Waals surface area (Å²) in [5.74, 6) is 1.77. The number of aliphatic imine (C=N–C) groups is 2. The summed E-state index contributed by atoms with van der Waals surface area (Å²) in [6.07, 6.45) is 3.71. The van der Waals surface area contributed by atoms with Gasteiger partial charge >= 0.3 is 0 Å². The van der Waals surface area contributed by atoms with Crippen LogP contribution in [-0.2, 0) is 0 Å². The average molecular weight is 407 g/mol. The Hall–Kier alpha value is -2.22. The Morgan fingerprint density at radius 3 is 0.933 bits per heavy atom. The first kappa shape index (κ1) is 25.8. The van der Waals surface area contributed by atoms with Crippen molar-refractivity contribution in [3.05, 3.63) is 58.7 Å². The van der Waals surface area contributed by atoms with Crippen molar-refractivity contribution in [2.45, 2.75) is 92.9 Å². The fourth-order valence-corrected chi connectivity index (χ4v) is 3.54. The van der Waals surface area contributed by atoms with E-state index >= 15 is 0 Å². The molecule has 164 valence electrons. The van der Waals surface area contributed by atoms with E-state index < -0.39 is 0 Å². The molecule has 2 nitrogen and oxygen atoms in total. The van der Waals surface area contributed by atoms with Gasteiger partial charge < -0.3 is 0 Å². The molecule has 2 aromatic carbocycles. The van der Waals surface area contributed by atoms with E-state index in [2.05, 4.69) is 91.8 Å². The van der Waals surface area contributed by atoms with E-state index in [1.54, 1.807) is 0 Å². The molecule has 2 rings (SSSR count). The highest BCUT2D eigenvalue weighted by Crippen LogP contribution is 2.35. The summed E-state index contributed by atoms with van der Waals surface area (Å²) in [5, 5.41) is 0. The average Bonchev–Trinajstić information content (AvgIpc) is 2.71. The highest BCUT2D eigenvalue weighted by molar-refractivity contribution is 6.17. The molecular weight excluding hydrogens is 364 g/mol. The summed E-state index contributed by atoms with van der Waals surface area (Å²) in [4.78, 5) is 9.68. The summed E-state index contributed by atoms with van der Waals surface area (Å²) in [6.45, 7) is 21.8. The molecule has 0 aromatic heterocycles. The van der Waals surface area contributed by atoms with Crippen LogP contribution in [0.5, 0.6) is 0 Å². The first-order chi connectivity index (χ1) is 14.2. The van der Waals surface area contributed by atoms with Gasteiger partial charge in [-0.2, -0.15) is 0 Å². The van der Waals surface area contributed by atoms with E-state index in [-0.39, 0.29) is 0 Å².